The van der Waals surface area contributed by atoms with Gasteiger partial charge in [0, 0.05) is 13.6 Å². The van der Waals surface area contributed by atoms with Gasteiger partial charge in [-0.05, 0) is 19.9 Å². The molecule has 80 valence electrons. The third-order valence-corrected chi connectivity index (χ3v) is 3.51. The zero-order chi connectivity index (χ0) is 10.5. The zero-order valence-electron chi connectivity index (χ0n) is 8.10. The van der Waals surface area contributed by atoms with Gasteiger partial charge in [-0.15, -0.1) is 0 Å². The van der Waals surface area contributed by atoms with Crippen LogP contribution in [0.3, 0.4) is 0 Å². The highest BCUT2D eigenvalue weighted by Crippen LogP contribution is 2.00. The molecule has 0 heterocycles. The molecular weight excluding hydrogens is 192 g/mol. The van der Waals surface area contributed by atoms with Gasteiger partial charge in [0.05, 0.1) is 11.9 Å². The molecule has 0 rings (SSSR count). The van der Waals surface area contributed by atoms with Crippen LogP contribution in [0, 0.1) is 0 Å². The summed E-state index contributed by atoms with van der Waals surface area (Å²) in [5.74, 6) is 0.0483. The number of nitrogens with two attached hydrogens (primary N) is 1. The monoisotopic (exact) mass is 210 g/mol. The van der Waals surface area contributed by atoms with Crippen molar-refractivity contribution in [2.75, 3.05) is 25.9 Å². The number of aliphatic hydroxyl groups is 1. The highest BCUT2D eigenvalue weighted by Gasteiger charge is 2.17. The lowest BCUT2D eigenvalue weighted by Crippen LogP contribution is -2.35. The highest BCUT2D eigenvalue weighted by atomic mass is 32.2. The average Bonchev–Trinajstić information content (AvgIpc) is 1.99. The van der Waals surface area contributed by atoms with Crippen molar-refractivity contribution in [3.63, 3.8) is 0 Å². The number of hydrogen-bond acceptors (Lipinski definition) is 4. The van der Waals surface area contributed by atoms with E-state index in [1.54, 1.807) is 6.92 Å². The van der Waals surface area contributed by atoms with Gasteiger partial charge >= 0.3 is 0 Å². The molecule has 0 amide bonds. The molecule has 3 N–H and O–H groups in total. The minimum atomic E-state index is -3.22. The number of sulfonamides is 1. The molecule has 0 saturated heterocycles. The molecule has 0 spiro atoms. The lowest BCUT2D eigenvalue weighted by molar-refractivity contribution is 0.171. The van der Waals surface area contributed by atoms with Gasteiger partial charge in [0.25, 0.3) is 0 Å². The van der Waals surface area contributed by atoms with Crippen LogP contribution in [-0.2, 0) is 10.0 Å². The van der Waals surface area contributed by atoms with E-state index in [1.165, 1.54) is 7.05 Å². The fourth-order valence-corrected chi connectivity index (χ4v) is 2.19. The molecule has 13 heavy (non-hydrogen) atoms. The van der Waals surface area contributed by atoms with Crippen LogP contribution >= 0.6 is 0 Å². The van der Waals surface area contributed by atoms with Crippen molar-refractivity contribution in [2.24, 2.45) is 5.73 Å². The topological polar surface area (TPSA) is 83.6 Å². The van der Waals surface area contributed by atoms with Gasteiger partial charge in [0.1, 0.15) is 0 Å². The van der Waals surface area contributed by atoms with Crippen molar-refractivity contribution < 1.29 is 13.5 Å². The van der Waals surface area contributed by atoms with E-state index in [0.717, 1.165) is 4.31 Å². The van der Waals surface area contributed by atoms with Crippen LogP contribution in [0.2, 0.25) is 0 Å². The minimum absolute atomic E-state index is 0.0483. The highest BCUT2D eigenvalue weighted by molar-refractivity contribution is 7.89. The Balaban J connectivity index is 4.12. The van der Waals surface area contributed by atoms with Gasteiger partial charge in [-0.1, -0.05) is 0 Å². The average molecular weight is 210 g/mol. The van der Waals surface area contributed by atoms with Gasteiger partial charge in [0.2, 0.25) is 10.0 Å². The van der Waals surface area contributed by atoms with Crippen molar-refractivity contribution in [2.45, 2.75) is 19.4 Å². The maximum Gasteiger partial charge on any atom is 0.213 e. The van der Waals surface area contributed by atoms with E-state index < -0.39 is 16.1 Å². The second-order valence-corrected chi connectivity index (χ2v) is 5.28. The normalized spacial score (nSPS) is 14.8. The van der Waals surface area contributed by atoms with Crippen molar-refractivity contribution in [1.29, 1.82) is 0 Å². The Bertz CT molecular complexity index is 226. The molecule has 0 bridgehead atoms. The third-order valence-electron chi connectivity index (χ3n) is 1.60. The molecule has 0 saturated carbocycles. The van der Waals surface area contributed by atoms with E-state index in [2.05, 4.69) is 0 Å². The van der Waals surface area contributed by atoms with Crippen molar-refractivity contribution >= 4 is 10.0 Å². The molecule has 0 aliphatic carbocycles. The maximum absolute atomic E-state index is 11.4. The zero-order valence-corrected chi connectivity index (χ0v) is 8.92. The Morgan fingerprint density at radius 1 is 1.54 bits per heavy atom. The number of rotatable bonds is 6. The fourth-order valence-electron chi connectivity index (χ4n) is 0.907. The summed E-state index contributed by atoms with van der Waals surface area (Å²) >= 11 is 0. The first-order valence-corrected chi connectivity index (χ1v) is 5.83. The van der Waals surface area contributed by atoms with E-state index in [9.17, 15) is 8.42 Å². The first-order chi connectivity index (χ1) is 5.90. The summed E-state index contributed by atoms with van der Waals surface area (Å²) in [5, 5.41) is 8.98. The van der Waals surface area contributed by atoms with Gasteiger partial charge in [-0.2, -0.15) is 0 Å². The largest absolute Gasteiger partial charge is 0.392 e. The number of likely N-dealkylation sites (N-methyl/N-ethyl adjacent to an activating group) is 1. The van der Waals surface area contributed by atoms with E-state index in [4.69, 9.17) is 10.8 Å². The molecule has 0 aromatic rings. The Kier molecular flexibility index (Phi) is 5.46. The van der Waals surface area contributed by atoms with Crippen molar-refractivity contribution in [3.8, 4) is 0 Å². The minimum Gasteiger partial charge on any atom is -0.392 e. The van der Waals surface area contributed by atoms with Crippen LogP contribution in [0.15, 0.2) is 0 Å². The van der Waals surface area contributed by atoms with Gasteiger partial charge < -0.3 is 10.8 Å². The summed E-state index contributed by atoms with van der Waals surface area (Å²) < 4.78 is 23.9. The van der Waals surface area contributed by atoms with Crippen molar-refractivity contribution in [3.05, 3.63) is 0 Å². The second-order valence-electron chi connectivity index (χ2n) is 3.09. The summed E-state index contributed by atoms with van der Waals surface area (Å²) in [7, 11) is -1.77. The second kappa shape index (κ2) is 5.54. The molecule has 1 atom stereocenters. The van der Waals surface area contributed by atoms with Gasteiger partial charge in [-0.25, -0.2) is 12.7 Å². The lowest BCUT2D eigenvalue weighted by Gasteiger charge is -2.18. The first-order valence-electron chi connectivity index (χ1n) is 4.22. The summed E-state index contributed by atoms with van der Waals surface area (Å²) in [5.41, 5.74) is 5.20. The molecule has 5 nitrogen and oxygen atoms in total. The molecule has 0 aliphatic heterocycles. The Morgan fingerprint density at radius 3 is 2.46 bits per heavy atom. The number of hydrogen-bond donors (Lipinski definition) is 2. The predicted molar refractivity (Wildman–Crippen MR) is 51.8 cm³/mol. The fraction of sp³-hybridized carbons (Fsp3) is 1.00. The van der Waals surface area contributed by atoms with Crippen LogP contribution in [-0.4, -0.2) is 49.8 Å². The van der Waals surface area contributed by atoms with Crippen LogP contribution in [0.1, 0.15) is 13.3 Å². The standard InChI is InChI=1S/C7H18N2O3S/c1-7(10)6-9(2)13(11,12)5-3-4-8/h7,10H,3-6,8H2,1-2H3. The van der Waals surface area contributed by atoms with Gasteiger partial charge in [-0.3, -0.25) is 0 Å². The first kappa shape index (κ1) is 12.8. The quantitative estimate of drug-likeness (QED) is 0.587. The SMILES string of the molecule is CC(O)CN(C)S(=O)(=O)CCCN. The summed E-state index contributed by atoms with van der Waals surface area (Å²) in [6, 6.07) is 0. The van der Waals surface area contributed by atoms with Crippen LogP contribution in [0.4, 0.5) is 0 Å². The molecular formula is C7H18N2O3S. The summed E-state index contributed by atoms with van der Waals surface area (Å²) in [6.45, 7) is 2.05. The number of aliphatic hydroxyl groups excluding tert-OH is 1. The maximum atomic E-state index is 11.4. The van der Waals surface area contributed by atoms with E-state index in [0.29, 0.717) is 13.0 Å². The summed E-state index contributed by atoms with van der Waals surface area (Å²) in [4.78, 5) is 0. The Labute approximate surface area is 79.6 Å². The molecule has 0 aromatic heterocycles. The van der Waals surface area contributed by atoms with Crippen LogP contribution < -0.4 is 5.73 Å². The lowest BCUT2D eigenvalue weighted by atomic mass is 10.4. The van der Waals surface area contributed by atoms with E-state index in [-0.39, 0.29) is 12.3 Å². The summed E-state index contributed by atoms with van der Waals surface area (Å²) in [6.07, 6.45) is -0.190. The molecule has 6 heteroatoms. The Hall–Kier alpha value is -0.170. The molecule has 1 unspecified atom stereocenters. The third kappa shape index (κ3) is 5.20. The van der Waals surface area contributed by atoms with Crippen LogP contribution in [0.5, 0.6) is 0 Å². The molecule has 0 aromatic carbocycles. The van der Waals surface area contributed by atoms with Crippen molar-refractivity contribution in [1.82, 2.24) is 4.31 Å². The molecule has 0 fully saturated rings. The molecule has 0 aliphatic rings. The van der Waals surface area contributed by atoms with Crippen LogP contribution in [0.25, 0.3) is 0 Å². The Morgan fingerprint density at radius 2 is 2.08 bits per heavy atom. The smallest absolute Gasteiger partial charge is 0.213 e. The van der Waals surface area contributed by atoms with Gasteiger partial charge in [0.15, 0.2) is 0 Å². The number of nitrogens with zero attached hydrogens (tertiary/aromatic N) is 1. The van der Waals surface area contributed by atoms with E-state index in [1.807, 2.05) is 0 Å². The predicted octanol–water partition coefficient (Wildman–Crippen LogP) is -1.02. The van der Waals surface area contributed by atoms with E-state index >= 15 is 0 Å². The molecule has 0 radical (unpaired) electrons.